The topological polar surface area (TPSA) is 82.8 Å². The van der Waals surface area contributed by atoms with Crippen molar-refractivity contribution >= 4 is 12.0 Å². The van der Waals surface area contributed by atoms with Crippen LogP contribution in [-0.4, -0.2) is 49.1 Å². The number of primary amides is 1. The third-order valence-corrected chi connectivity index (χ3v) is 6.14. The molecule has 9 heteroatoms. The number of likely N-dealkylation sites (tertiary alicyclic amines) is 1. The number of alkyl halides is 3. The van der Waals surface area contributed by atoms with E-state index in [0.717, 1.165) is 38.2 Å². The van der Waals surface area contributed by atoms with E-state index >= 15 is 0 Å². The first-order valence-corrected chi connectivity index (χ1v) is 10.5. The number of carbonyl (C=O) groups excluding carboxylic acids is 1. The number of piperidine rings is 1. The second-order valence-corrected chi connectivity index (χ2v) is 8.15. The number of carbonyl (C=O) groups is 1. The molecule has 6 nitrogen and oxygen atoms in total. The third-order valence-electron chi connectivity index (χ3n) is 6.14. The van der Waals surface area contributed by atoms with Crippen molar-refractivity contribution < 1.29 is 18.0 Å². The molecule has 4 N–H and O–H groups in total. The monoisotopic (exact) mass is 425 g/mol. The summed E-state index contributed by atoms with van der Waals surface area (Å²) in [4.78, 5) is 17.6. The normalized spacial score (nSPS) is 19.9. The number of benzene rings is 1. The minimum atomic E-state index is -4.35. The number of halogens is 3. The highest BCUT2D eigenvalue weighted by atomic mass is 19.4. The SMILES string of the molecule is CCNC(=NCC1(c2cccc(C(F)(F)F)c2)CCC1)NC1CCN(C(N)=O)CC1. The molecule has 1 aromatic carbocycles. The molecular formula is C21H30F3N5O. The van der Waals surface area contributed by atoms with Gasteiger partial charge in [-0.05, 0) is 44.2 Å². The number of hydrogen-bond donors (Lipinski definition) is 3. The van der Waals surface area contributed by atoms with Gasteiger partial charge in [-0.3, -0.25) is 4.99 Å². The molecular weight excluding hydrogens is 395 g/mol. The summed E-state index contributed by atoms with van der Waals surface area (Å²) in [5.74, 6) is 0.660. The first kappa shape index (κ1) is 22.2. The Balaban J connectivity index is 1.69. The summed E-state index contributed by atoms with van der Waals surface area (Å²) in [6, 6.07) is 5.42. The van der Waals surface area contributed by atoms with Crippen molar-refractivity contribution in [3.8, 4) is 0 Å². The van der Waals surface area contributed by atoms with E-state index in [2.05, 4.69) is 10.6 Å². The zero-order valence-corrected chi connectivity index (χ0v) is 17.3. The van der Waals surface area contributed by atoms with Crippen LogP contribution in [0.25, 0.3) is 0 Å². The van der Waals surface area contributed by atoms with Gasteiger partial charge in [0.2, 0.25) is 0 Å². The zero-order chi connectivity index (χ0) is 21.8. The van der Waals surface area contributed by atoms with Gasteiger partial charge < -0.3 is 21.3 Å². The number of urea groups is 1. The minimum absolute atomic E-state index is 0.171. The van der Waals surface area contributed by atoms with Gasteiger partial charge in [-0.1, -0.05) is 24.6 Å². The van der Waals surface area contributed by atoms with Crippen molar-refractivity contribution in [2.75, 3.05) is 26.2 Å². The minimum Gasteiger partial charge on any atom is -0.357 e. The largest absolute Gasteiger partial charge is 0.416 e. The summed E-state index contributed by atoms with van der Waals surface area (Å²) < 4.78 is 39.5. The van der Waals surface area contributed by atoms with E-state index in [1.165, 1.54) is 12.1 Å². The van der Waals surface area contributed by atoms with E-state index < -0.39 is 17.8 Å². The Hall–Kier alpha value is -2.45. The van der Waals surface area contributed by atoms with Crippen LogP contribution in [0, 0.1) is 0 Å². The van der Waals surface area contributed by atoms with E-state index in [1.807, 2.05) is 6.92 Å². The van der Waals surface area contributed by atoms with E-state index in [4.69, 9.17) is 10.7 Å². The first-order valence-electron chi connectivity index (χ1n) is 10.5. The molecule has 1 heterocycles. The predicted molar refractivity (Wildman–Crippen MR) is 110 cm³/mol. The van der Waals surface area contributed by atoms with Crippen LogP contribution in [0.1, 0.15) is 50.2 Å². The van der Waals surface area contributed by atoms with Crippen LogP contribution in [0.4, 0.5) is 18.0 Å². The van der Waals surface area contributed by atoms with Crippen LogP contribution in [0.3, 0.4) is 0 Å². The van der Waals surface area contributed by atoms with Crippen molar-refractivity contribution in [1.29, 1.82) is 0 Å². The summed E-state index contributed by atoms with van der Waals surface area (Å²) in [7, 11) is 0. The van der Waals surface area contributed by atoms with Gasteiger partial charge in [0, 0.05) is 31.1 Å². The maximum absolute atomic E-state index is 13.2. The number of nitrogens with two attached hydrogens (primary N) is 1. The maximum Gasteiger partial charge on any atom is 0.416 e. The Kier molecular flexibility index (Phi) is 6.77. The quantitative estimate of drug-likeness (QED) is 0.500. The second-order valence-electron chi connectivity index (χ2n) is 8.15. The average Bonchev–Trinajstić information content (AvgIpc) is 2.67. The van der Waals surface area contributed by atoms with E-state index in [-0.39, 0.29) is 11.5 Å². The smallest absolute Gasteiger partial charge is 0.357 e. The van der Waals surface area contributed by atoms with Gasteiger partial charge in [-0.2, -0.15) is 13.2 Å². The Morgan fingerprint density at radius 1 is 1.30 bits per heavy atom. The summed E-state index contributed by atoms with van der Waals surface area (Å²) >= 11 is 0. The predicted octanol–water partition coefficient (Wildman–Crippen LogP) is 3.23. The highest BCUT2D eigenvalue weighted by molar-refractivity contribution is 5.80. The van der Waals surface area contributed by atoms with Gasteiger partial charge in [0.1, 0.15) is 0 Å². The maximum atomic E-state index is 13.2. The fourth-order valence-corrected chi connectivity index (χ4v) is 4.15. The van der Waals surface area contributed by atoms with Gasteiger partial charge in [0.05, 0.1) is 12.1 Å². The highest BCUT2D eigenvalue weighted by Gasteiger charge is 2.40. The van der Waals surface area contributed by atoms with Crippen LogP contribution in [0.2, 0.25) is 0 Å². The van der Waals surface area contributed by atoms with Gasteiger partial charge >= 0.3 is 12.2 Å². The fraction of sp³-hybridized carbons (Fsp3) is 0.619. The Morgan fingerprint density at radius 3 is 2.53 bits per heavy atom. The van der Waals surface area contributed by atoms with Crippen LogP contribution in [0.15, 0.2) is 29.3 Å². The lowest BCUT2D eigenvalue weighted by Crippen LogP contribution is -2.51. The molecule has 0 unspecified atom stereocenters. The van der Waals surface area contributed by atoms with Crippen molar-refractivity contribution in [2.45, 2.75) is 56.7 Å². The summed E-state index contributed by atoms with van der Waals surface area (Å²) in [6.45, 7) is 4.28. The molecule has 0 aromatic heterocycles. The van der Waals surface area contributed by atoms with E-state index in [0.29, 0.717) is 37.7 Å². The number of hydrogen-bond acceptors (Lipinski definition) is 2. The fourth-order valence-electron chi connectivity index (χ4n) is 4.15. The van der Waals surface area contributed by atoms with Crippen LogP contribution >= 0.6 is 0 Å². The van der Waals surface area contributed by atoms with E-state index in [9.17, 15) is 18.0 Å². The number of nitrogens with one attached hydrogen (secondary N) is 2. The molecule has 2 amide bonds. The molecule has 166 valence electrons. The lowest BCUT2D eigenvalue weighted by atomic mass is 9.64. The lowest BCUT2D eigenvalue weighted by molar-refractivity contribution is -0.137. The Labute approximate surface area is 175 Å². The molecule has 3 rings (SSSR count). The van der Waals surface area contributed by atoms with Gasteiger partial charge in [-0.25, -0.2) is 4.79 Å². The molecule has 1 aliphatic carbocycles. The van der Waals surface area contributed by atoms with Crippen molar-refractivity contribution in [3.63, 3.8) is 0 Å². The van der Waals surface area contributed by atoms with Crippen LogP contribution in [-0.2, 0) is 11.6 Å². The third kappa shape index (κ3) is 5.17. The molecule has 2 aliphatic rings. The van der Waals surface area contributed by atoms with Crippen molar-refractivity contribution in [2.24, 2.45) is 10.7 Å². The van der Waals surface area contributed by atoms with E-state index in [1.54, 1.807) is 11.0 Å². The molecule has 1 saturated heterocycles. The van der Waals surface area contributed by atoms with Crippen molar-refractivity contribution in [1.82, 2.24) is 15.5 Å². The van der Waals surface area contributed by atoms with Crippen LogP contribution < -0.4 is 16.4 Å². The molecule has 1 aromatic rings. The van der Waals surface area contributed by atoms with Crippen LogP contribution in [0.5, 0.6) is 0 Å². The first-order chi connectivity index (χ1) is 14.2. The molecule has 0 spiro atoms. The Morgan fingerprint density at radius 2 is 2.00 bits per heavy atom. The molecule has 1 aliphatic heterocycles. The Bertz CT molecular complexity index is 768. The van der Waals surface area contributed by atoms with Gasteiger partial charge in [0.25, 0.3) is 0 Å². The molecule has 0 atom stereocenters. The zero-order valence-electron chi connectivity index (χ0n) is 17.3. The lowest BCUT2D eigenvalue weighted by Gasteiger charge is -2.42. The second kappa shape index (κ2) is 9.14. The number of nitrogens with zero attached hydrogens (tertiary/aromatic N) is 2. The molecule has 0 radical (unpaired) electrons. The number of guanidine groups is 1. The van der Waals surface area contributed by atoms with Gasteiger partial charge in [-0.15, -0.1) is 0 Å². The molecule has 1 saturated carbocycles. The number of amides is 2. The molecule has 0 bridgehead atoms. The number of aliphatic imine (C=N–C) groups is 1. The summed E-state index contributed by atoms with van der Waals surface area (Å²) in [5, 5.41) is 6.63. The molecule has 30 heavy (non-hydrogen) atoms. The number of rotatable bonds is 5. The average molecular weight is 425 g/mol. The van der Waals surface area contributed by atoms with Crippen molar-refractivity contribution in [3.05, 3.63) is 35.4 Å². The molecule has 2 fully saturated rings. The standard InChI is InChI=1S/C21H30F3N5O/c1-2-26-19(28-17-7-11-29(12-8-17)18(25)30)27-14-20(9-4-10-20)15-5-3-6-16(13-15)21(22,23)24/h3,5-6,13,17H,2,4,7-12,14H2,1H3,(H2,25,30)(H2,26,27,28). The summed E-state index contributed by atoms with van der Waals surface area (Å²) in [5.41, 5.74) is 5.08. The summed E-state index contributed by atoms with van der Waals surface area (Å²) in [6.07, 6.45) is -0.164. The highest BCUT2D eigenvalue weighted by Crippen LogP contribution is 2.45. The van der Waals surface area contributed by atoms with Gasteiger partial charge in [0.15, 0.2) is 5.96 Å².